The van der Waals surface area contributed by atoms with Gasteiger partial charge in [-0.05, 0) is 30.3 Å². The zero-order chi connectivity index (χ0) is 21.6. The van der Waals surface area contributed by atoms with E-state index in [2.05, 4.69) is 21.9 Å². The lowest BCUT2D eigenvalue weighted by molar-refractivity contribution is 0.0847. The van der Waals surface area contributed by atoms with E-state index in [4.69, 9.17) is 10.00 Å². The predicted molar refractivity (Wildman–Crippen MR) is 115 cm³/mol. The number of ether oxygens (including phenoxy) is 1. The van der Waals surface area contributed by atoms with E-state index >= 15 is 0 Å². The molecule has 0 unspecified atom stereocenters. The van der Waals surface area contributed by atoms with Gasteiger partial charge >= 0.3 is 0 Å². The van der Waals surface area contributed by atoms with Crippen molar-refractivity contribution in [1.82, 2.24) is 15.8 Å². The van der Waals surface area contributed by atoms with E-state index in [1.165, 1.54) is 0 Å². The van der Waals surface area contributed by atoms with Crippen LogP contribution in [0.1, 0.15) is 31.8 Å². The smallest absolute Gasteiger partial charge is 0.271 e. The number of carbonyl (C=O) groups is 2. The van der Waals surface area contributed by atoms with Gasteiger partial charge in [0.1, 0.15) is 12.4 Å². The molecule has 7 nitrogen and oxygen atoms in total. The van der Waals surface area contributed by atoms with Gasteiger partial charge in [0, 0.05) is 28.2 Å². The Morgan fingerprint density at radius 3 is 2.58 bits per heavy atom. The van der Waals surface area contributed by atoms with Crippen LogP contribution in [0.5, 0.6) is 5.75 Å². The largest absolute Gasteiger partial charge is 0.489 e. The van der Waals surface area contributed by atoms with Gasteiger partial charge in [0.2, 0.25) is 0 Å². The van der Waals surface area contributed by atoms with Crippen LogP contribution in [0.3, 0.4) is 0 Å². The van der Waals surface area contributed by atoms with Crippen molar-refractivity contribution in [2.45, 2.75) is 6.61 Å². The molecule has 4 rings (SSSR count). The maximum Gasteiger partial charge on any atom is 0.271 e. The molecule has 0 aliphatic heterocycles. The quantitative estimate of drug-likeness (QED) is 0.436. The first-order valence-electron chi connectivity index (χ1n) is 9.53. The molecular weight excluding hydrogens is 392 g/mol. The van der Waals surface area contributed by atoms with Gasteiger partial charge in [-0.25, -0.2) is 0 Å². The number of benzene rings is 3. The third-order valence-corrected chi connectivity index (χ3v) is 4.75. The zero-order valence-corrected chi connectivity index (χ0v) is 16.4. The van der Waals surface area contributed by atoms with Crippen LogP contribution in [0.15, 0.2) is 79.0 Å². The second kappa shape index (κ2) is 8.84. The Kier molecular flexibility index (Phi) is 5.63. The SMILES string of the molecule is N#Cc1ccccc1COc1cccc(C(=O)NNC(=O)c2c[nH]c3ccccc23)c1. The summed E-state index contributed by atoms with van der Waals surface area (Å²) in [4.78, 5) is 27.9. The predicted octanol–water partition coefficient (Wildman–Crippen LogP) is 3.69. The monoisotopic (exact) mass is 410 g/mol. The average molecular weight is 410 g/mol. The van der Waals surface area contributed by atoms with Crippen LogP contribution in [0, 0.1) is 11.3 Å². The maximum absolute atomic E-state index is 12.5. The standard InChI is InChI=1S/C24H18N4O3/c25-13-17-6-1-2-7-18(17)15-31-19-9-5-8-16(12-19)23(29)27-28-24(30)21-14-26-22-11-4-3-10-20(21)22/h1-12,14,26H,15H2,(H,27,29)(H,28,30). The highest BCUT2D eigenvalue weighted by atomic mass is 16.5. The highest BCUT2D eigenvalue weighted by molar-refractivity contribution is 6.07. The van der Waals surface area contributed by atoms with Crippen LogP contribution in [-0.4, -0.2) is 16.8 Å². The third-order valence-electron chi connectivity index (χ3n) is 4.75. The molecule has 7 heteroatoms. The van der Waals surface area contributed by atoms with E-state index < -0.39 is 11.8 Å². The van der Waals surface area contributed by atoms with E-state index in [0.29, 0.717) is 22.4 Å². The number of aromatic amines is 1. The number of carbonyl (C=O) groups excluding carboxylic acids is 2. The number of nitrogens with zero attached hydrogens (tertiary/aromatic N) is 1. The molecule has 0 aliphatic carbocycles. The Labute approximate surface area is 178 Å². The Hall–Kier alpha value is -4.57. The number of para-hydroxylation sites is 1. The molecule has 0 fully saturated rings. The molecule has 0 radical (unpaired) electrons. The van der Waals surface area contributed by atoms with Crippen molar-refractivity contribution < 1.29 is 14.3 Å². The first kappa shape index (κ1) is 19.7. The van der Waals surface area contributed by atoms with Gasteiger partial charge in [-0.1, -0.05) is 42.5 Å². The first-order chi connectivity index (χ1) is 15.2. The minimum absolute atomic E-state index is 0.201. The summed E-state index contributed by atoms with van der Waals surface area (Å²) in [5, 5.41) is 9.93. The number of rotatable bonds is 5. The molecule has 2 amide bonds. The van der Waals surface area contributed by atoms with Crippen LogP contribution >= 0.6 is 0 Å². The average Bonchev–Trinajstić information content (AvgIpc) is 3.25. The summed E-state index contributed by atoms with van der Waals surface area (Å²) in [6.07, 6.45) is 1.60. The second-order valence-electron chi connectivity index (χ2n) is 6.74. The highest BCUT2D eigenvalue weighted by Crippen LogP contribution is 2.18. The molecule has 0 spiro atoms. The van der Waals surface area contributed by atoms with Crippen molar-refractivity contribution in [3.05, 3.63) is 101 Å². The lowest BCUT2D eigenvalue weighted by Crippen LogP contribution is -2.41. The van der Waals surface area contributed by atoms with Gasteiger partial charge in [0.05, 0.1) is 17.2 Å². The number of fused-ring (bicyclic) bond motifs is 1. The molecule has 0 aliphatic rings. The van der Waals surface area contributed by atoms with Crippen molar-refractivity contribution in [2.75, 3.05) is 0 Å². The molecular formula is C24H18N4O3. The van der Waals surface area contributed by atoms with Crippen LogP contribution in [0.25, 0.3) is 10.9 Å². The van der Waals surface area contributed by atoms with Crippen LogP contribution < -0.4 is 15.6 Å². The number of nitriles is 1. The lowest BCUT2D eigenvalue weighted by atomic mass is 10.1. The topological polar surface area (TPSA) is 107 Å². The van der Waals surface area contributed by atoms with Crippen molar-refractivity contribution in [2.24, 2.45) is 0 Å². The normalized spacial score (nSPS) is 10.3. The van der Waals surface area contributed by atoms with Gasteiger partial charge in [-0.3, -0.25) is 20.4 Å². The zero-order valence-electron chi connectivity index (χ0n) is 16.4. The molecule has 1 heterocycles. The number of hydrogen-bond donors (Lipinski definition) is 3. The minimum atomic E-state index is -0.476. The van der Waals surface area contributed by atoms with Crippen LogP contribution in [0.4, 0.5) is 0 Å². The first-order valence-corrected chi connectivity index (χ1v) is 9.53. The van der Waals surface area contributed by atoms with E-state index in [1.807, 2.05) is 36.4 Å². The van der Waals surface area contributed by atoms with Crippen molar-refractivity contribution in [1.29, 1.82) is 5.26 Å². The summed E-state index contributed by atoms with van der Waals surface area (Å²) in [7, 11) is 0. The van der Waals surface area contributed by atoms with Gasteiger partial charge < -0.3 is 9.72 Å². The Morgan fingerprint density at radius 2 is 1.71 bits per heavy atom. The fourth-order valence-corrected chi connectivity index (χ4v) is 3.16. The summed E-state index contributed by atoms with van der Waals surface area (Å²) >= 11 is 0. The van der Waals surface area contributed by atoms with Crippen LogP contribution in [0.2, 0.25) is 0 Å². The summed E-state index contributed by atoms with van der Waals surface area (Å²) in [6.45, 7) is 0.201. The fraction of sp³-hybridized carbons (Fsp3) is 0.0417. The van der Waals surface area contributed by atoms with Gasteiger partial charge in [-0.15, -0.1) is 0 Å². The van der Waals surface area contributed by atoms with Gasteiger partial charge in [0.25, 0.3) is 11.8 Å². The minimum Gasteiger partial charge on any atom is -0.489 e. The molecule has 0 atom stereocenters. The summed E-state index contributed by atoms with van der Waals surface area (Å²) in [6, 6.07) is 23.3. The molecule has 0 saturated heterocycles. The number of amides is 2. The van der Waals surface area contributed by atoms with Gasteiger partial charge in [0.15, 0.2) is 0 Å². The number of H-pyrrole nitrogens is 1. The third kappa shape index (κ3) is 4.38. The Morgan fingerprint density at radius 1 is 0.935 bits per heavy atom. The highest BCUT2D eigenvalue weighted by Gasteiger charge is 2.13. The van der Waals surface area contributed by atoms with Crippen molar-refractivity contribution >= 4 is 22.7 Å². The Bertz CT molecular complexity index is 1300. The number of nitrogens with one attached hydrogen (secondary N) is 3. The molecule has 0 bridgehead atoms. The fourth-order valence-electron chi connectivity index (χ4n) is 3.16. The van der Waals surface area contributed by atoms with E-state index in [9.17, 15) is 9.59 Å². The molecule has 3 aromatic carbocycles. The number of hydrogen-bond acceptors (Lipinski definition) is 4. The van der Waals surface area contributed by atoms with Crippen molar-refractivity contribution in [3.63, 3.8) is 0 Å². The molecule has 0 saturated carbocycles. The number of hydrazine groups is 1. The molecule has 4 aromatic rings. The molecule has 31 heavy (non-hydrogen) atoms. The summed E-state index contributed by atoms with van der Waals surface area (Å²) in [5.41, 5.74) is 7.74. The maximum atomic E-state index is 12.5. The van der Waals surface area contributed by atoms with Gasteiger partial charge in [-0.2, -0.15) is 5.26 Å². The summed E-state index contributed by atoms with van der Waals surface area (Å²) < 4.78 is 5.74. The van der Waals surface area contributed by atoms with E-state index in [1.54, 1.807) is 42.6 Å². The summed E-state index contributed by atoms with van der Waals surface area (Å²) in [5.74, 6) is -0.425. The van der Waals surface area contributed by atoms with Crippen LogP contribution in [-0.2, 0) is 6.61 Å². The Balaban J connectivity index is 1.39. The van der Waals surface area contributed by atoms with E-state index in [-0.39, 0.29) is 6.61 Å². The molecule has 1 aromatic heterocycles. The molecule has 152 valence electrons. The number of aromatic nitrogens is 1. The van der Waals surface area contributed by atoms with E-state index in [0.717, 1.165) is 16.5 Å². The lowest BCUT2D eigenvalue weighted by Gasteiger charge is -2.10. The molecule has 3 N–H and O–H groups in total. The van der Waals surface area contributed by atoms with Crippen molar-refractivity contribution in [3.8, 4) is 11.8 Å². The second-order valence-corrected chi connectivity index (χ2v) is 6.74.